The molecule has 0 bridgehead atoms. The van der Waals surface area contributed by atoms with Crippen LogP contribution in [0, 0.1) is 21.4 Å². The zero-order chi connectivity index (χ0) is 14.2. The smallest absolute Gasteiger partial charge is 0.333 e. The first-order valence-corrected chi connectivity index (χ1v) is 6.81. The van der Waals surface area contributed by atoms with E-state index in [1.165, 1.54) is 6.42 Å². The van der Waals surface area contributed by atoms with Crippen molar-refractivity contribution in [1.82, 2.24) is 9.78 Å². The summed E-state index contributed by atoms with van der Waals surface area (Å²) in [5.74, 6) is 1.13. The minimum Gasteiger partial charge on any atom is -0.364 e. The molecule has 19 heavy (non-hydrogen) atoms. The summed E-state index contributed by atoms with van der Waals surface area (Å²) >= 11 is 0. The Balaban J connectivity index is 2.16. The highest BCUT2D eigenvalue weighted by molar-refractivity contribution is 5.60. The molecule has 106 valence electrons. The molecule has 1 N–H and O–H groups in total. The Morgan fingerprint density at radius 3 is 2.68 bits per heavy atom. The maximum Gasteiger partial charge on any atom is 0.333 e. The first-order chi connectivity index (χ1) is 8.86. The molecule has 1 aliphatic carbocycles. The van der Waals surface area contributed by atoms with Crippen LogP contribution < -0.4 is 5.32 Å². The second-order valence-electron chi connectivity index (χ2n) is 6.05. The number of aromatic nitrogens is 2. The van der Waals surface area contributed by atoms with E-state index in [4.69, 9.17) is 0 Å². The third kappa shape index (κ3) is 2.72. The molecule has 0 amide bonds. The zero-order valence-electron chi connectivity index (χ0n) is 12.1. The fourth-order valence-corrected chi connectivity index (χ4v) is 2.51. The number of rotatable bonds is 6. The highest BCUT2D eigenvalue weighted by Gasteiger charge is 2.45. The van der Waals surface area contributed by atoms with Gasteiger partial charge in [0.1, 0.15) is 5.69 Å². The molecule has 1 heterocycles. The summed E-state index contributed by atoms with van der Waals surface area (Å²) < 4.78 is 1.60. The van der Waals surface area contributed by atoms with Gasteiger partial charge in [-0.15, -0.1) is 0 Å². The summed E-state index contributed by atoms with van der Waals surface area (Å²) in [5.41, 5.74) is 1.09. The molecular weight excluding hydrogens is 244 g/mol. The maximum atomic E-state index is 11.2. The van der Waals surface area contributed by atoms with Gasteiger partial charge >= 0.3 is 5.69 Å². The minimum atomic E-state index is -0.321. The van der Waals surface area contributed by atoms with Crippen LogP contribution in [0.4, 0.5) is 11.5 Å². The molecule has 0 spiro atoms. The molecule has 0 aromatic carbocycles. The van der Waals surface area contributed by atoms with E-state index in [0.29, 0.717) is 29.3 Å². The van der Waals surface area contributed by atoms with E-state index in [9.17, 15) is 10.1 Å². The standard InChI is InChI=1S/C13H22N4O2/c1-5-6-10-11(17(18)19)12(16(4)15-10)14-8-9-7-13(9,2)3/h9,14H,5-8H2,1-4H3. The summed E-state index contributed by atoms with van der Waals surface area (Å²) in [4.78, 5) is 10.9. The lowest BCUT2D eigenvalue weighted by atomic mass is 10.1. The third-order valence-corrected chi connectivity index (χ3v) is 3.99. The van der Waals surface area contributed by atoms with Gasteiger partial charge in [-0.1, -0.05) is 27.2 Å². The fourth-order valence-electron chi connectivity index (χ4n) is 2.51. The lowest BCUT2D eigenvalue weighted by Gasteiger charge is -2.07. The molecular formula is C13H22N4O2. The lowest BCUT2D eigenvalue weighted by molar-refractivity contribution is -0.384. The van der Waals surface area contributed by atoms with Crippen LogP contribution in [0.5, 0.6) is 0 Å². The van der Waals surface area contributed by atoms with Crippen molar-refractivity contribution in [2.45, 2.75) is 40.0 Å². The first kappa shape index (κ1) is 13.8. The Morgan fingerprint density at radius 2 is 2.21 bits per heavy atom. The van der Waals surface area contributed by atoms with Gasteiger partial charge in [-0.25, -0.2) is 4.68 Å². The summed E-state index contributed by atoms with van der Waals surface area (Å²) in [6.07, 6.45) is 2.67. The largest absolute Gasteiger partial charge is 0.364 e. The second kappa shape index (κ2) is 4.83. The van der Waals surface area contributed by atoms with Crippen molar-refractivity contribution in [3.8, 4) is 0 Å². The monoisotopic (exact) mass is 266 g/mol. The average molecular weight is 266 g/mol. The van der Waals surface area contributed by atoms with Crippen molar-refractivity contribution in [3.63, 3.8) is 0 Å². The van der Waals surface area contributed by atoms with E-state index in [2.05, 4.69) is 24.3 Å². The van der Waals surface area contributed by atoms with Crippen LogP contribution in [0.2, 0.25) is 0 Å². The van der Waals surface area contributed by atoms with Crippen LogP contribution in [-0.4, -0.2) is 21.2 Å². The highest BCUT2D eigenvalue weighted by Crippen LogP contribution is 2.51. The maximum absolute atomic E-state index is 11.2. The molecule has 6 nitrogen and oxygen atoms in total. The number of nitrogens with one attached hydrogen (secondary N) is 1. The van der Waals surface area contributed by atoms with Gasteiger partial charge in [0.15, 0.2) is 0 Å². The van der Waals surface area contributed by atoms with E-state index in [-0.39, 0.29) is 10.6 Å². The van der Waals surface area contributed by atoms with Crippen molar-refractivity contribution >= 4 is 11.5 Å². The Labute approximate surface area is 113 Å². The predicted molar refractivity (Wildman–Crippen MR) is 74.2 cm³/mol. The van der Waals surface area contributed by atoms with Gasteiger partial charge in [0.05, 0.1) is 4.92 Å². The number of hydrogen-bond acceptors (Lipinski definition) is 4. The predicted octanol–water partition coefficient (Wildman–Crippen LogP) is 2.74. The number of anilines is 1. The Kier molecular flexibility index (Phi) is 3.52. The van der Waals surface area contributed by atoms with Crippen LogP contribution in [-0.2, 0) is 13.5 Å². The van der Waals surface area contributed by atoms with Gasteiger partial charge < -0.3 is 5.32 Å². The Bertz CT molecular complexity index is 493. The molecule has 1 saturated carbocycles. The van der Waals surface area contributed by atoms with Crippen LogP contribution in [0.15, 0.2) is 0 Å². The first-order valence-electron chi connectivity index (χ1n) is 6.81. The van der Waals surface area contributed by atoms with Gasteiger partial charge in [-0.3, -0.25) is 10.1 Å². The summed E-state index contributed by atoms with van der Waals surface area (Å²) in [7, 11) is 1.76. The Hall–Kier alpha value is -1.59. The molecule has 6 heteroatoms. The summed E-state index contributed by atoms with van der Waals surface area (Å²) in [6, 6.07) is 0. The number of nitrogens with zero attached hydrogens (tertiary/aromatic N) is 3. The number of hydrogen-bond donors (Lipinski definition) is 1. The SMILES string of the molecule is CCCc1nn(C)c(NCC2CC2(C)C)c1[N+](=O)[O-]. The zero-order valence-corrected chi connectivity index (χ0v) is 12.1. The molecule has 1 aromatic heterocycles. The molecule has 1 aliphatic rings. The van der Waals surface area contributed by atoms with Crippen molar-refractivity contribution in [2.24, 2.45) is 18.4 Å². The van der Waals surface area contributed by atoms with Crippen LogP contribution in [0.1, 0.15) is 39.3 Å². The normalized spacial score (nSPS) is 20.3. The summed E-state index contributed by atoms with van der Waals surface area (Å²) in [5, 5.41) is 18.7. The third-order valence-electron chi connectivity index (χ3n) is 3.99. The van der Waals surface area contributed by atoms with Crippen molar-refractivity contribution in [2.75, 3.05) is 11.9 Å². The Morgan fingerprint density at radius 1 is 1.58 bits per heavy atom. The van der Waals surface area contributed by atoms with Gasteiger partial charge in [0.2, 0.25) is 5.82 Å². The van der Waals surface area contributed by atoms with Crippen molar-refractivity contribution in [1.29, 1.82) is 0 Å². The van der Waals surface area contributed by atoms with Gasteiger partial charge in [0.25, 0.3) is 0 Å². The quantitative estimate of drug-likeness (QED) is 0.634. The van der Waals surface area contributed by atoms with Crippen LogP contribution >= 0.6 is 0 Å². The van der Waals surface area contributed by atoms with E-state index < -0.39 is 0 Å². The summed E-state index contributed by atoms with van der Waals surface area (Å²) in [6.45, 7) is 7.22. The van der Waals surface area contributed by atoms with Crippen molar-refractivity contribution in [3.05, 3.63) is 15.8 Å². The van der Waals surface area contributed by atoms with Gasteiger partial charge in [-0.2, -0.15) is 5.10 Å². The van der Waals surface area contributed by atoms with E-state index in [0.717, 1.165) is 13.0 Å². The average Bonchev–Trinajstić information content (AvgIpc) is 2.77. The molecule has 0 saturated heterocycles. The molecule has 1 fully saturated rings. The fraction of sp³-hybridized carbons (Fsp3) is 0.769. The number of nitro groups is 1. The van der Waals surface area contributed by atoms with E-state index >= 15 is 0 Å². The van der Waals surface area contributed by atoms with Gasteiger partial charge in [-0.05, 0) is 24.2 Å². The lowest BCUT2D eigenvalue weighted by Crippen LogP contribution is -2.11. The topological polar surface area (TPSA) is 73.0 Å². The van der Waals surface area contributed by atoms with Crippen LogP contribution in [0.3, 0.4) is 0 Å². The van der Waals surface area contributed by atoms with Gasteiger partial charge in [0, 0.05) is 13.6 Å². The molecule has 1 aromatic rings. The van der Waals surface area contributed by atoms with Crippen molar-refractivity contribution < 1.29 is 4.92 Å². The minimum absolute atomic E-state index is 0.141. The highest BCUT2D eigenvalue weighted by atomic mass is 16.6. The molecule has 2 rings (SSSR count). The number of aryl methyl sites for hydroxylation is 2. The van der Waals surface area contributed by atoms with E-state index in [1.807, 2.05) is 6.92 Å². The second-order valence-corrected chi connectivity index (χ2v) is 6.05. The molecule has 0 aliphatic heterocycles. The molecule has 1 atom stereocenters. The molecule has 1 unspecified atom stereocenters. The van der Waals surface area contributed by atoms with E-state index in [1.54, 1.807) is 11.7 Å². The molecule has 0 radical (unpaired) electrons. The van der Waals surface area contributed by atoms with Crippen LogP contribution in [0.25, 0.3) is 0 Å².